The lowest BCUT2D eigenvalue weighted by atomic mass is 9.76. The van der Waals surface area contributed by atoms with Crippen molar-refractivity contribution >= 4 is 11.9 Å². The third-order valence-electron chi connectivity index (χ3n) is 2.70. The second-order valence-corrected chi connectivity index (χ2v) is 6.74. The van der Waals surface area contributed by atoms with Crippen molar-refractivity contribution in [3.05, 3.63) is 35.9 Å². The van der Waals surface area contributed by atoms with Crippen LogP contribution < -0.4 is 0 Å². The molecule has 124 valence electrons. The van der Waals surface area contributed by atoms with Crippen LogP contribution in [0.25, 0.3) is 0 Å². The van der Waals surface area contributed by atoms with Gasteiger partial charge in [-0.15, -0.1) is 0 Å². The van der Waals surface area contributed by atoms with E-state index in [0.717, 1.165) is 0 Å². The molecule has 1 aromatic rings. The van der Waals surface area contributed by atoms with E-state index in [1.54, 1.807) is 44.2 Å². The number of rotatable bonds is 3. The molecule has 1 rings (SSSR count). The van der Waals surface area contributed by atoms with Gasteiger partial charge >= 0.3 is 11.9 Å². The van der Waals surface area contributed by atoms with Crippen molar-refractivity contribution in [3.63, 3.8) is 0 Å². The Morgan fingerprint density at radius 1 is 0.955 bits per heavy atom. The smallest absolute Gasteiger partial charge is 0.300 e. The zero-order chi connectivity index (χ0) is 17.4. The molecular weight excluding hydrogens is 288 g/mol. The highest BCUT2D eigenvalue weighted by Crippen LogP contribution is 2.33. The van der Waals surface area contributed by atoms with Crippen LogP contribution in [-0.2, 0) is 14.6 Å². The van der Waals surface area contributed by atoms with Gasteiger partial charge in [0.2, 0.25) is 0 Å². The molecule has 0 aromatic heterocycles. The molecule has 0 saturated carbocycles. The first kappa shape index (κ1) is 20.1. The van der Waals surface area contributed by atoms with Crippen molar-refractivity contribution < 1.29 is 29.9 Å². The van der Waals surface area contributed by atoms with Crippen molar-refractivity contribution in [2.75, 3.05) is 0 Å². The fraction of sp³-hybridized carbons (Fsp3) is 0.500. The van der Waals surface area contributed by atoms with Gasteiger partial charge in [0.15, 0.2) is 0 Å². The average molecular weight is 312 g/mol. The first-order valence-electron chi connectivity index (χ1n) is 6.80. The minimum atomic E-state index is -0.736. The van der Waals surface area contributed by atoms with Crippen molar-refractivity contribution in [2.45, 2.75) is 41.0 Å². The predicted molar refractivity (Wildman–Crippen MR) is 81.1 cm³/mol. The fourth-order valence-electron chi connectivity index (χ4n) is 2.15. The molecule has 6 heteroatoms. The molecule has 0 fully saturated rings. The zero-order valence-corrected chi connectivity index (χ0v) is 13.6. The number of benzene rings is 1. The molecule has 0 amide bonds. The molecule has 0 bridgehead atoms. The summed E-state index contributed by atoms with van der Waals surface area (Å²) in [5.74, 6) is -1.31. The molecule has 0 aliphatic rings. The standard InChI is InChI=1S/C9H18O3.C7H6O3/c1-8(2,3)6-9(4,5)7(10)12-11;8-7(10-9)6-4-2-1-3-5-6/h11H,6H2,1-5H3;1-5,9H. The van der Waals surface area contributed by atoms with E-state index in [0.29, 0.717) is 12.0 Å². The minimum Gasteiger partial charge on any atom is -0.300 e. The van der Waals surface area contributed by atoms with Crippen LogP contribution in [0.2, 0.25) is 0 Å². The maximum Gasteiger partial charge on any atom is 0.372 e. The predicted octanol–water partition coefficient (Wildman–Crippen LogP) is 3.78. The summed E-state index contributed by atoms with van der Waals surface area (Å²) >= 11 is 0. The van der Waals surface area contributed by atoms with Gasteiger partial charge in [-0.3, -0.25) is 4.89 Å². The minimum absolute atomic E-state index is 0.0533. The fourth-order valence-corrected chi connectivity index (χ4v) is 2.15. The lowest BCUT2D eigenvalue weighted by Gasteiger charge is -2.28. The van der Waals surface area contributed by atoms with Gasteiger partial charge in [-0.05, 0) is 37.8 Å². The van der Waals surface area contributed by atoms with E-state index in [1.807, 2.05) is 20.8 Å². The highest BCUT2D eigenvalue weighted by Gasteiger charge is 2.34. The topological polar surface area (TPSA) is 93.1 Å². The van der Waals surface area contributed by atoms with Crippen molar-refractivity contribution in [1.82, 2.24) is 0 Å². The first-order valence-corrected chi connectivity index (χ1v) is 6.80. The van der Waals surface area contributed by atoms with Crippen molar-refractivity contribution in [2.24, 2.45) is 10.8 Å². The van der Waals surface area contributed by atoms with Gasteiger partial charge in [0.05, 0.1) is 11.0 Å². The van der Waals surface area contributed by atoms with E-state index in [1.165, 1.54) is 0 Å². The quantitative estimate of drug-likeness (QED) is 0.651. The molecule has 0 saturated heterocycles. The van der Waals surface area contributed by atoms with Gasteiger partial charge in [-0.2, -0.15) is 10.5 Å². The van der Waals surface area contributed by atoms with Crippen molar-refractivity contribution in [3.8, 4) is 0 Å². The number of carbonyl (C=O) groups is 2. The van der Waals surface area contributed by atoms with E-state index in [2.05, 4.69) is 9.78 Å². The summed E-state index contributed by atoms with van der Waals surface area (Å²) in [7, 11) is 0. The van der Waals surface area contributed by atoms with Gasteiger partial charge in [0.1, 0.15) is 0 Å². The van der Waals surface area contributed by atoms with E-state index in [-0.39, 0.29) is 5.41 Å². The average Bonchev–Trinajstić information content (AvgIpc) is 2.44. The SMILES string of the molecule is CC(C)(C)CC(C)(C)C(=O)OO.O=C(OO)c1ccccc1. The molecule has 0 atom stereocenters. The zero-order valence-electron chi connectivity index (χ0n) is 13.6. The molecule has 6 nitrogen and oxygen atoms in total. The highest BCUT2D eigenvalue weighted by atomic mass is 17.1. The molecule has 0 spiro atoms. The van der Waals surface area contributed by atoms with Gasteiger partial charge in [0.25, 0.3) is 0 Å². The first-order chi connectivity index (χ1) is 10.0. The number of hydrogen-bond acceptors (Lipinski definition) is 6. The second kappa shape index (κ2) is 8.51. The molecule has 2 N–H and O–H groups in total. The van der Waals surface area contributed by atoms with E-state index >= 15 is 0 Å². The molecule has 0 aliphatic heterocycles. The molecule has 0 radical (unpaired) electrons. The Labute approximate surface area is 130 Å². The number of carbonyl (C=O) groups excluding carboxylic acids is 2. The van der Waals surface area contributed by atoms with Gasteiger partial charge < -0.3 is 4.89 Å². The Bertz CT molecular complexity index is 473. The van der Waals surface area contributed by atoms with Crippen LogP contribution in [0.1, 0.15) is 51.4 Å². The normalized spacial score (nSPS) is 11.0. The van der Waals surface area contributed by atoms with Crippen LogP contribution in [0.4, 0.5) is 0 Å². The van der Waals surface area contributed by atoms with Crippen LogP contribution in [0.3, 0.4) is 0 Å². The van der Waals surface area contributed by atoms with Gasteiger partial charge in [0, 0.05) is 0 Å². The Morgan fingerprint density at radius 2 is 1.45 bits per heavy atom. The molecule has 0 unspecified atom stereocenters. The molecule has 22 heavy (non-hydrogen) atoms. The third kappa shape index (κ3) is 7.75. The van der Waals surface area contributed by atoms with E-state index in [9.17, 15) is 9.59 Å². The summed E-state index contributed by atoms with van der Waals surface area (Å²) < 4.78 is 0. The summed E-state index contributed by atoms with van der Waals surface area (Å²) in [6.45, 7) is 9.64. The van der Waals surface area contributed by atoms with Gasteiger partial charge in [-0.25, -0.2) is 9.59 Å². The molecule has 1 aromatic carbocycles. The maximum absolute atomic E-state index is 11.0. The van der Waals surface area contributed by atoms with Gasteiger partial charge in [-0.1, -0.05) is 39.0 Å². The van der Waals surface area contributed by atoms with Crippen LogP contribution >= 0.6 is 0 Å². The summed E-state index contributed by atoms with van der Waals surface area (Å²) in [6.07, 6.45) is 0.680. The maximum atomic E-state index is 11.0. The van der Waals surface area contributed by atoms with Crippen LogP contribution in [-0.4, -0.2) is 22.5 Å². The van der Waals surface area contributed by atoms with Crippen molar-refractivity contribution in [1.29, 1.82) is 0 Å². The Morgan fingerprint density at radius 3 is 1.82 bits per heavy atom. The summed E-state index contributed by atoms with van der Waals surface area (Å²) in [5.41, 5.74) is -0.227. The van der Waals surface area contributed by atoms with Crippen LogP contribution in [0.15, 0.2) is 30.3 Å². The van der Waals surface area contributed by atoms with E-state index in [4.69, 9.17) is 10.5 Å². The summed E-state index contributed by atoms with van der Waals surface area (Å²) in [5, 5.41) is 16.2. The molecule has 0 heterocycles. The van der Waals surface area contributed by atoms with Crippen LogP contribution in [0.5, 0.6) is 0 Å². The molecule has 0 aliphatic carbocycles. The Hall–Kier alpha value is -1.92. The summed E-state index contributed by atoms with van der Waals surface area (Å²) in [4.78, 5) is 28.8. The third-order valence-corrected chi connectivity index (χ3v) is 2.70. The summed E-state index contributed by atoms with van der Waals surface area (Å²) in [6, 6.07) is 8.25. The lowest BCUT2D eigenvalue weighted by Crippen LogP contribution is -2.30. The molecular formula is C16H24O6. The van der Waals surface area contributed by atoms with E-state index < -0.39 is 17.4 Å². The lowest BCUT2D eigenvalue weighted by molar-refractivity contribution is -0.245. The Balaban J connectivity index is 0.000000406. The highest BCUT2D eigenvalue weighted by molar-refractivity contribution is 5.88. The monoisotopic (exact) mass is 312 g/mol. The largest absolute Gasteiger partial charge is 0.372 e. The second-order valence-electron chi connectivity index (χ2n) is 6.74. The van der Waals surface area contributed by atoms with Crippen LogP contribution in [0, 0.1) is 10.8 Å². The Kier molecular flexibility index (Phi) is 7.76. The number of hydrogen-bond donors (Lipinski definition) is 2.